The highest BCUT2D eigenvalue weighted by molar-refractivity contribution is 5.40. The van der Waals surface area contributed by atoms with Crippen molar-refractivity contribution in [2.45, 2.75) is 38.8 Å². The van der Waals surface area contributed by atoms with Gasteiger partial charge in [-0.2, -0.15) is 0 Å². The zero-order valence-corrected chi connectivity index (χ0v) is 12.4. The first kappa shape index (κ1) is 16.2. The first-order chi connectivity index (χ1) is 9.42. The third-order valence-electron chi connectivity index (χ3n) is 2.76. The molecular weight excluding hydrogens is 252 g/mol. The van der Waals surface area contributed by atoms with E-state index in [9.17, 15) is 4.79 Å². The lowest BCUT2D eigenvalue weighted by Gasteiger charge is -2.19. The van der Waals surface area contributed by atoms with Gasteiger partial charge >= 0.3 is 0 Å². The van der Waals surface area contributed by atoms with Crippen molar-refractivity contribution in [2.24, 2.45) is 0 Å². The Morgan fingerprint density at radius 3 is 2.30 bits per heavy atom. The van der Waals surface area contributed by atoms with E-state index in [0.29, 0.717) is 12.5 Å². The molecule has 20 heavy (non-hydrogen) atoms. The number of hydrogen-bond donors (Lipinski definition) is 2. The van der Waals surface area contributed by atoms with E-state index in [0.717, 1.165) is 18.7 Å². The molecule has 2 rings (SSSR count). The highest BCUT2D eigenvalue weighted by atomic mass is 16.5. The number of anilines is 1. The lowest BCUT2D eigenvalue weighted by atomic mass is 10.0. The molecule has 1 aliphatic heterocycles. The molecule has 0 saturated carbocycles. The van der Waals surface area contributed by atoms with Crippen LogP contribution in [0.2, 0.25) is 0 Å². The van der Waals surface area contributed by atoms with Gasteiger partial charge in [-0.15, -0.1) is 0 Å². The highest BCUT2D eigenvalue weighted by Gasteiger charge is 2.10. The van der Waals surface area contributed by atoms with Gasteiger partial charge < -0.3 is 15.8 Å². The van der Waals surface area contributed by atoms with E-state index in [4.69, 9.17) is 5.73 Å². The fourth-order valence-corrected chi connectivity index (χ4v) is 1.74. The average Bonchev–Trinajstić information content (AvgIpc) is 2.40. The van der Waals surface area contributed by atoms with Crippen molar-refractivity contribution in [2.75, 3.05) is 12.3 Å². The summed E-state index contributed by atoms with van der Waals surface area (Å²) in [6.07, 6.45) is 5.45. The summed E-state index contributed by atoms with van der Waals surface area (Å²) in [5, 5.41) is 3.43. The first-order valence-electron chi connectivity index (χ1n) is 6.77. The molecule has 0 spiro atoms. The van der Waals surface area contributed by atoms with Crippen LogP contribution in [0.4, 0.5) is 5.69 Å². The number of rotatable bonds is 2. The van der Waals surface area contributed by atoms with Crippen LogP contribution < -0.4 is 11.1 Å². The van der Waals surface area contributed by atoms with Crippen LogP contribution in [0.25, 0.3) is 0 Å². The predicted octanol–water partition coefficient (Wildman–Crippen LogP) is 2.82. The van der Waals surface area contributed by atoms with E-state index in [1.807, 2.05) is 32.9 Å². The fourth-order valence-electron chi connectivity index (χ4n) is 1.74. The van der Waals surface area contributed by atoms with Crippen LogP contribution in [0.15, 0.2) is 36.4 Å². The predicted molar refractivity (Wildman–Crippen MR) is 82.3 cm³/mol. The summed E-state index contributed by atoms with van der Waals surface area (Å²) in [6.45, 7) is 6.89. The van der Waals surface area contributed by atoms with Crippen molar-refractivity contribution in [1.82, 2.24) is 5.32 Å². The number of nitrogens with one attached hydrogen (secondary N) is 1. The van der Waals surface area contributed by atoms with Gasteiger partial charge in [0.25, 0.3) is 6.47 Å². The first-order valence-corrected chi connectivity index (χ1v) is 6.77. The molecule has 0 fully saturated rings. The van der Waals surface area contributed by atoms with Crippen LogP contribution in [0.3, 0.4) is 0 Å². The standard InChI is InChI=1S/C11H14N2.C5H10O2/c12-10-6-4-9(5-7-10)11-3-1-2-8-13-11;1-5(2,3)7-4-6/h1-2,4-7,11,13H,3,8,12H2;4H,1-3H3. The van der Waals surface area contributed by atoms with Gasteiger partial charge in [-0.25, -0.2) is 0 Å². The Bertz CT molecular complexity index is 433. The molecule has 1 aromatic carbocycles. The molecule has 4 heteroatoms. The molecule has 0 amide bonds. The highest BCUT2D eigenvalue weighted by Crippen LogP contribution is 2.20. The maximum absolute atomic E-state index is 9.60. The van der Waals surface area contributed by atoms with Crippen LogP contribution >= 0.6 is 0 Å². The Balaban J connectivity index is 0.000000246. The van der Waals surface area contributed by atoms with Gasteiger partial charge in [0.15, 0.2) is 0 Å². The van der Waals surface area contributed by atoms with Crippen LogP contribution in [0.1, 0.15) is 38.8 Å². The van der Waals surface area contributed by atoms with Crippen LogP contribution in [-0.2, 0) is 9.53 Å². The quantitative estimate of drug-likeness (QED) is 0.495. The Hall–Kier alpha value is -1.81. The van der Waals surface area contributed by atoms with Gasteiger partial charge in [-0.3, -0.25) is 4.79 Å². The summed E-state index contributed by atoms with van der Waals surface area (Å²) in [4.78, 5) is 9.60. The second kappa shape index (κ2) is 7.70. The lowest BCUT2D eigenvalue weighted by Crippen LogP contribution is -2.23. The molecule has 1 heterocycles. The normalized spacial score (nSPS) is 17.9. The van der Waals surface area contributed by atoms with E-state index < -0.39 is 0 Å². The second-order valence-electron chi connectivity index (χ2n) is 5.66. The molecule has 1 unspecified atom stereocenters. The minimum atomic E-state index is -0.318. The van der Waals surface area contributed by atoms with Crippen LogP contribution in [-0.4, -0.2) is 18.6 Å². The summed E-state index contributed by atoms with van der Waals surface area (Å²) >= 11 is 0. The monoisotopic (exact) mass is 276 g/mol. The van der Waals surface area contributed by atoms with E-state index >= 15 is 0 Å². The minimum Gasteiger partial charge on any atom is -0.462 e. The Morgan fingerprint density at radius 1 is 1.25 bits per heavy atom. The SMILES string of the molecule is CC(C)(C)OC=O.Nc1ccc(C2CC=CCN2)cc1. The lowest BCUT2D eigenvalue weighted by molar-refractivity contribution is -0.138. The Morgan fingerprint density at radius 2 is 1.90 bits per heavy atom. The summed E-state index contributed by atoms with van der Waals surface area (Å²) in [5.74, 6) is 0. The summed E-state index contributed by atoms with van der Waals surface area (Å²) in [6, 6.07) is 8.55. The Kier molecular flexibility index (Phi) is 6.25. The van der Waals surface area contributed by atoms with Crippen LogP contribution in [0, 0.1) is 0 Å². The topological polar surface area (TPSA) is 64.3 Å². The van der Waals surface area contributed by atoms with Gasteiger partial charge in [0.2, 0.25) is 0 Å². The number of nitrogen functional groups attached to an aromatic ring is 1. The number of benzene rings is 1. The van der Waals surface area contributed by atoms with Crippen LogP contribution in [0.5, 0.6) is 0 Å². The molecule has 3 N–H and O–H groups in total. The molecule has 0 bridgehead atoms. The molecule has 1 aliphatic rings. The fraction of sp³-hybridized carbons (Fsp3) is 0.438. The molecule has 0 aliphatic carbocycles. The van der Waals surface area contributed by atoms with Crippen molar-refractivity contribution in [3.05, 3.63) is 42.0 Å². The zero-order chi connectivity index (χ0) is 15.0. The smallest absolute Gasteiger partial charge is 0.293 e. The van der Waals surface area contributed by atoms with Gasteiger partial charge in [0.05, 0.1) is 0 Å². The number of ether oxygens (including phenoxy) is 1. The summed E-state index contributed by atoms with van der Waals surface area (Å²) in [5.41, 5.74) is 7.45. The number of carbonyl (C=O) groups is 1. The van der Waals surface area contributed by atoms with E-state index in [-0.39, 0.29) is 5.60 Å². The Labute approximate surface area is 121 Å². The molecule has 0 aromatic heterocycles. The van der Waals surface area contributed by atoms with Crippen molar-refractivity contribution >= 4 is 12.2 Å². The third-order valence-corrected chi connectivity index (χ3v) is 2.76. The van der Waals surface area contributed by atoms with E-state index in [1.165, 1.54) is 5.56 Å². The second-order valence-corrected chi connectivity index (χ2v) is 5.66. The molecule has 0 radical (unpaired) electrons. The van der Waals surface area contributed by atoms with Crippen molar-refractivity contribution < 1.29 is 9.53 Å². The summed E-state index contributed by atoms with van der Waals surface area (Å²) < 4.78 is 4.55. The van der Waals surface area contributed by atoms with Gasteiger partial charge in [0.1, 0.15) is 5.60 Å². The van der Waals surface area contributed by atoms with Gasteiger partial charge in [-0.05, 0) is 44.9 Å². The zero-order valence-electron chi connectivity index (χ0n) is 12.4. The average molecular weight is 276 g/mol. The third kappa shape index (κ3) is 6.38. The molecular formula is C16H24N2O2. The van der Waals surface area contributed by atoms with E-state index in [1.54, 1.807) is 0 Å². The minimum absolute atomic E-state index is 0.318. The van der Waals surface area contributed by atoms with Crippen molar-refractivity contribution in [3.8, 4) is 0 Å². The largest absolute Gasteiger partial charge is 0.462 e. The summed E-state index contributed by atoms with van der Waals surface area (Å²) in [7, 11) is 0. The maximum Gasteiger partial charge on any atom is 0.293 e. The van der Waals surface area contributed by atoms with Gasteiger partial charge in [0, 0.05) is 18.3 Å². The molecule has 110 valence electrons. The van der Waals surface area contributed by atoms with Gasteiger partial charge in [-0.1, -0.05) is 24.3 Å². The number of nitrogens with two attached hydrogens (primary N) is 1. The molecule has 1 aromatic rings. The van der Waals surface area contributed by atoms with Crippen molar-refractivity contribution in [3.63, 3.8) is 0 Å². The van der Waals surface area contributed by atoms with Crippen molar-refractivity contribution in [1.29, 1.82) is 0 Å². The maximum atomic E-state index is 9.60. The van der Waals surface area contributed by atoms with E-state index in [2.05, 4.69) is 34.3 Å². The molecule has 1 atom stereocenters. The molecule has 0 saturated heterocycles. The number of hydrogen-bond acceptors (Lipinski definition) is 4. The number of carbonyl (C=O) groups excluding carboxylic acids is 1. The molecule has 4 nitrogen and oxygen atoms in total.